The molecule has 1 saturated heterocycles. The van der Waals surface area contributed by atoms with Crippen LogP contribution in [0.2, 0.25) is 0 Å². The molecule has 1 saturated carbocycles. The third kappa shape index (κ3) is 2.98. The number of nitrogens with zero attached hydrogens (tertiary/aromatic N) is 1. The molecule has 2 rings (SSSR count). The molecule has 2 aliphatic rings. The summed E-state index contributed by atoms with van der Waals surface area (Å²) in [5, 5.41) is 3.51. The van der Waals surface area contributed by atoms with Gasteiger partial charge in [-0.3, -0.25) is 4.90 Å². The fourth-order valence-corrected chi connectivity index (χ4v) is 3.13. The van der Waals surface area contributed by atoms with Gasteiger partial charge in [-0.15, -0.1) is 0 Å². The molecule has 0 unspecified atom stereocenters. The zero-order valence-corrected chi connectivity index (χ0v) is 11.1. The number of hydrogen-bond acceptors (Lipinski definition) is 2. The maximum atomic E-state index is 3.51. The molecule has 94 valence electrons. The van der Waals surface area contributed by atoms with E-state index in [9.17, 15) is 0 Å². The van der Waals surface area contributed by atoms with E-state index in [2.05, 4.69) is 24.1 Å². The SMILES string of the molecule is CCCN(CC1(CC)CCNCC1)C1CC1. The van der Waals surface area contributed by atoms with E-state index in [0.717, 1.165) is 6.04 Å². The molecule has 1 N–H and O–H groups in total. The van der Waals surface area contributed by atoms with Crippen molar-refractivity contribution in [3.05, 3.63) is 0 Å². The van der Waals surface area contributed by atoms with Crippen LogP contribution >= 0.6 is 0 Å². The van der Waals surface area contributed by atoms with Gasteiger partial charge < -0.3 is 5.32 Å². The third-order valence-corrected chi connectivity index (χ3v) is 4.53. The van der Waals surface area contributed by atoms with Gasteiger partial charge in [0.15, 0.2) is 0 Å². The van der Waals surface area contributed by atoms with Crippen molar-refractivity contribution < 1.29 is 0 Å². The second kappa shape index (κ2) is 5.50. The van der Waals surface area contributed by atoms with E-state index in [1.807, 2.05) is 0 Å². The van der Waals surface area contributed by atoms with Crippen molar-refractivity contribution in [1.29, 1.82) is 0 Å². The lowest BCUT2D eigenvalue weighted by molar-refractivity contribution is 0.101. The quantitative estimate of drug-likeness (QED) is 0.746. The lowest BCUT2D eigenvalue weighted by Gasteiger charge is -2.41. The Morgan fingerprint density at radius 3 is 2.38 bits per heavy atom. The van der Waals surface area contributed by atoms with Crippen molar-refractivity contribution in [2.45, 2.75) is 58.4 Å². The number of hydrogen-bond donors (Lipinski definition) is 1. The van der Waals surface area contributed by atoms with Crippen molar-refractivity contribution in [3.8, 4) is 0 Å². The lowest BCUT2D eigenvalue weighted by atomic mass is 9.76. The zero-order valence-electron chi connectivity index (χ0n) is 11.1. The minimum Gasteiger partial charge on any atom is -0.317 e. The molecule has 0 aromatic heterocycles. The van der Waals surface area contributed by atoms with Gasteiger partial charge in [-0.05, 0) is 63.6 Å². The molecule has 0 aromatic rings. The zero-order chi connectivity index (χ0) is 11.4. The van der Waals surface area contributed by atoms with Crippen LogP contribution in [-0.2, 0) is 0 Å². The van der Waals surface area contributed by atoms with Crippen LogP contribution in [0.15, 0.2) is 0 Å². The van der Waals surface area contributed by atoms with Gasteiger partial charge in [-0.2, -0.15) is 0 Å². The summed E-state index contributed by atoms with van der Waals surface area (Å²) in [6, 6.07) is 0.943. The molecule has 1 aliphatic heterocycles. The first-order valence-corrected chi connectivity index (χ1v) is 7.24. The number of piperidine rings is 1. The van der Waals surface area contributed by atoms with Crippen molar-refractivity contribution in [2.24, 2.45) is 5.41 Å². The summed E-state index contributed by atoms with van der Waals surface area (Å²) < 4.78 is 0. The Bertz CT molecular complexity index is 205. The fourth-order valence-electron chi connectivity index (χ4n) is 3.13. The second-order valence-corrected chi connectivity index (χ2v) is 5.81. The van der Waals surface area contributed by atoms with E-state index in [-0.39, 0.29) is 0 Å². The van der Waals surface area contributed by atoms with Crippen LogP contribution < -0.4 is 5.32 Å². The van der Waals surface area contributed by atoms with Crippen LogP contribution in [0.1, 0.15) is 52.4 Å². The fraction of sp³-hybridized carbons (Fsp3) is 1.00. The summed E-state index contributed by atoms with van der Waals surface area (Å²) in [6.45, 7) is 9.86. The molecule has 0 aromatic carbocycles. The Kier molecular flexibility index (Phi) is 4.26. The summed E-state index contributed by atoms with van der Waals surface area (Å²) in [6.07, 6.45) is 8.36. The highest BCUT2D eigenvalue weighted by Gasteiger charge is 2.36. The van der Waals surface area contributed by atoms with Gasteiger partial charge in [-0.25, -0.2) is 0 Å². The highest BCUT2D eigenvalue weighted by Crippen LogP contribution is 2.37. The first-order valence-electron chi connectivity index (χ1n) is 7.24. The first-order chi connectivity index (χ1) is 7.79. The van der Waals surface area contributed by atoms with E-state index in [0.29, 0.717) is 5.41 Å². The maximum Gasteiger partial charge on any atom is 0.00966 e. The molecule has 1 heterocycles. The molecule has 0 bridgehead atoms. The van der Waals surface area contributed by atoms with E-state index in [1.54, 1.807) is 0 Å². The van der Waals surface area contributed by atoms with Gasteiger partial charge in [-0.1, -0.05) is 13.8 Å². The van der Waals surface area contributed by atoms with Gasteiger partial charge >= 0.3 is 0 Å². The predicted octanol–water partition coefficient (Wildman–Crippen LogP) is 2.64. The minimum atomic E-state index is 0.628. The van der Waals surface area contributed by atoms with Gasteiger partial charge in [0.2, 0.25) is 0 Å². The summed E-state index contributed by atoms with van der Waals surface area (Å²) in [5.41, 5.74) is 0.628. The Balaban J connectivity index is 1.91. The van der Waals surface area contributed by atoms with Crippen LogP contribution in [-0.4, -0.2) is 37.1 Å². The lowest BCUT2D eigenvalue weighted by Crippen LogP contribution is -2.45. The van der Waals surface area contributed by atoms with E-state index >= 15 is 0 Å². The van der Waals surface area contributed by atoms with Gasteiger partial charge in [0.25, 0.3) is 0 Å². The Morgan fingerprint density at radius 2 is 1.88 bits per heavy atom. The van der Waals surface area contributed by atoms with Crippen molar-refractivity contribution in [3.63, 3.8) is 0 Å². The van der Waals surface area contributed by atoms with Gasteiger partial charge in [0, 0.05) is 12.6 Å². The molecular weight excluding hydrogens is 196 g/mol. The average Bonchev–Trinajstić information content (AvgIpc) is 3.14. The van der Waals surface area contributed by atoms with Gasteiger partial charge in [0.1, 0.15) is 0 Å². The molecule has 0 radical (unpaired) electrons. The molecule has 0 amide bonds. The Hall–Kier alpha value is -0.0800. The maximum absolute atomic E-state index is 3.51. The largest absolute Gasteiger partial charge is 0.317 e. The number of nitrogens with one attached hydrogen (secondary N) is 1. The highest BCUT2D eigenvalue weighted by atomic mass is 15.2. The summed E-state index contributed by atoms with van der Waals surface area (Å²) in [5.74, 6) is 0. The van der Waals surface area contributed by atoms with E-state index in [4.69, 9.17) is 0 Å². The third-order valence-electron chi connectivity index (χ3n) is 4.53. The molecule has 2 heteroatoms. The predicted molar refractivity (Wildman–Crippen MR) is 69.7 cm³/mol. The van der Waals surface area contributed by atoms with Crippen molar-refractivity contribution >= 4 is 0 Å². The Morgan fingerprint density at radius 1 is 1.19 bits per heavy atom. The molecule has 2 nitrogen and oxygen atoms in total. The molecule has 2 fully saturated rings. The van der Waals surface area contributed by atoms with Crippen LogP contribution in [0, 0.1) is 5.41 Å². The minimum absolute atomic E-state index is 0.628. The first kappa shape index (κ1) is 12.4. The van der Waals surface area contributed by atoms with E-state index in [1.165, 1.54) is 64.7 Å². The second-order valence-electron chi connectivity index (χ2n) is 5.81. The molecule has 0 atom stereocenters. The van der Waals surface area contributed by atoms with Crippen molar-refractivity contribution in [1.82, 2.24) is 10.2 Å². The molecule has 0 spiro atoms. The normalized spacial score (nSPS) is 24.9. The topological polar surface area (TPSA) is 15.3 Å². The summed E-state index contributed by atoms with van der Waals surface area (Å²) >= 11 is 0. The number of rotatable bonds is 6. The highest BCUT2D eigenvalue weighted by molar-refractivity contribution is 4.92. The van der Waals surface area contributed by atoms with Gasteiger partial charge in [0.05, 0.1) is 0 Å². The van der Waals surface area contributed by atoms with Crippen LogP contribution in [0.5, 0.6) is 0 Å². The Labute approximate surface area is 101 Å². The molecular formula is C14H28N2. The molecule has 1 aliphatic carbocycles. The summed E-state index contributed by atoms with van der Waals surface area (Å²) in [4.78, 5) is 2.79. The summed E-state index contributed by atoms with van der Waals surface area (Å²) in [7, 11) is 0. The monoisotopic (exact) mass is 224 g/mol. The molecule has 16 heavy (non-hydrogen) atoms. The van der Waals surface area contributed by atoms with Crippen LogP contribution in [0.4, 0.5) is 0 Å². The standard InChI is InChI=1S/C14H28N2/c1-3-11-16(13-5-6-13)12-14(4-2)7-9-15-10-8-14/h13,15H,3-12H2,1-2H3. The van der Waals surface area contributed by atoms with Crippen LogP contribution in [0.25, 0.3) is 0 Å². The van der Waals surface area contributed by atoms with Crippen LogP contribution in [0.3, 0.4) is 0 Å². The van der Waals surface area contributed by atoms with E-state index < -0.39 is 0 Å². The smallest absolute Gasteiger partial charge is 0.00966 e. The van der Waals surface area contributed by atoms with Crippen molar-refractivity contribution in [2.75, 3.05) is 26.2 Å². The average molecular weight is 224 g/mol.